The predicted octanol–water partition coefficient (Wildman–Crippen LogP) is -3.59. The number of hydrogen-bond acceptors (Lipinski definition) is 1. The maximum absolute atomic E-state index is 8.88. The average molecular weight is 202 g/mol. The summed E-state index contributed by atoms with van der Waals surface area (Å²) < 4.78 is 8.88. The van der Waals surface area contributed by atoms with Crippen LogP contribution >= 0.6 is 7.82 Å². The fourth-order valence-corrected chi connectivity index (χ4v) is 0. The standard InChI is InChI=1S/Al.Li.H3O4P.H2O.Ti.4H/c;;1-5(2,3)4;;;;;;/h;;(H3,1,2,3,4);1H2;;;;;. The third kappa shape index (κ3) is 169. The van der Waals surface area contributed by atoms with Crippen LogP contribution in [-0.2, 0) is 26.3 Å². The van der Waals surface area contributed by atoms with Gasteiger partial charge in [-0.2, -0.15) is 0 Å². The molecule has 0 aliphatic rings. The maximum atomic E-state index is 8.88. The Morgan fingerprint density at radius 2 is 1.11 bits per heavy atom. The molecule has 0 saturated heterocycles. The van der Waals surface area contributed by atoms with Crippen LogP contribution < -0.4 is 0 Å². The minimum atomic E-state index is -4.64. The Labute approximate surface area is 90.0 Å². The van der Waals surface area contributed by atoms with Gasteiger partial charge in [0.25, 0.3) is 0 Å². The van der Waals surface area contributed by atoms with E-state index in [1.165, 1.54) is 0 Å². The summed E-state index contributed by atoms with van der Waals surface area (Å²) in [5.41, 5.74) is 0. The number of hydrogen-bond donors (Lipinski definition) is 3. The van der Waals surface area contributed by atoms with E-state index < -0.39 is 7.82 Å². The second-order valence-corrected chi connectivity index (χ2v) is 1.54. The first-order valence-electron chi connectivity index (χ1n) is 0.783. The van der Waals surface area contributed by atoms with Crippen LogP contribution in [0.15, 0.2) is 0 Å². The Balaban J connectivity index is -0.0000000133. The van der Waals surface area contributed by atoms with Gasteiger partial charge < -0.3 is 20.2 Å². The van der Waals surface area contributed by atoms with E-state index in [-0.39, 0.29) is 63.4 Å². The van der Waals surface area contributed by atoms with Crippen LogP contribution in [0.5, 0.6) is 0 Å². The van der Waals surface area contributed by atoms with Crippen LogP contribution in [0.1, 0.15) is 0 Å². The third-order valence-electron chi connectivity index (χ3n) is 0. The molecule has 0 saturated carbocycles. The quantitative estimate of drug-likeness (QED) is 0.278. The first kappa shape index (κ1) is 30.7. The van der Waals surface area contributed by atoms with Gasteiger partial charge in [-0.25, -0.2) is 4.57 Å². The molecule has 0 amide bonds. The van der Waals surface area contributed by atoms with E-state index in [9.17, 15) is 0 Å². The molecule has 0 aliphatic carbocycles. The Kier molecular flexibility index (Phi) is 42.9. The van der Waals surface area contributed by atoms with Gasteiger partial charge in [-0.3, -0.25) is 0 Å². The third-order valence-corrected chi connectivity index (χ3v) is 0. The Hall–Kier alpha value is 1.91. The summed E-state index contributed by atoms with van der Waals surface area (Å²) >= 11 is 0. The van der Waals surface area contributed by atoms with Crippen molar-refractivity contribution in [1.29, 1.82) is 0 Å². The molecule has 0 atom stereocenters. The van der Waals surface area contributed by atoms with Crippen molar-refractivity contribution in [3.8, 4) is 0 Å². The van der Waals surface area contributed by atoms with Crippen LogP contribution in [0.2, 0.25) is 0 Å². The van der Waals surface area contributed by atoms with Gasteiger partial charge in [0.1, 0.15) is 0 Å². The molecule has 0 rings (SSSR count). The van der Waals surface area contributed by atoms with E-state index >= 15 is 0 Å². The van der Waals surface area contributed by atoms with Crippen LogP contribution in [0.25, 0.3) is 0 Å². The molecule has 0 spiro atoms. The van der Waals surface area contributed by atoms with Crippen molar-refractivity contribution in [3.63, 3.8) is 0 Å². The van der Waals surface area contributed by atoms with Crippen LogP contribution in [0.3, 0.4) is 0 Å². The Morgan fingerprint density at radius 3 is 1.11 bits per heavy atom. The Bertz CT molecular complexity index is 63.1. The molecule has 0 aromatic carbocycles. The summed E-state index contributed by atoms with van der Waals surface area (Å²) in [5.74, 6) is 0. The minimum Gasteiger partial charge on any atom is 0 e. The van der Waals surface area contributed by atoms with Crippen molar-refractivity contribution in [3.05, 3.63) is 0 Å². The molecule has 0 bridgehead atoms. The average Bonchev–Trinajstić information content (AvgIpc) is 0.722. The van der Waals surface area contributed by atoms with E-state index in [1.807, 2.05) is 0 Å². The van der Waals surface area contributed by atoms with E-state index in [0.29, 0.717) is 0 Å². The molecule has 0 aromatic rings. The SMILES string of the molecule is O.O=P(O)(O)O.[AlH3].[LiH].[Ti]. The Morgan fingerprint density at radius 1 is 1.11 bits per heavy atom. The van der Waals surface area contributed by atoms with Gasteiger partial charge in [-0.1, -0.05) is 0 Å². The molecule has 52 valence electrons. The molecule has 0 heterocycles. The van der Waals surface area contributed by atoms with E-state index in [0.717, 1.165) is 0 Å². The first-order valence-corrected chi connectivity index (χ1v) is 2.35. The fourth-order valence-electron chi connectivity index (χ4n) is 0. The number of rotatable bonds is 0. The van der Waals surface area contributed by atoms with Crippen molar-refractivity contribution in [1.82, 2.24) is 0 Å². The molecule has 0 aliphatic heterocycles. The van der Waals surface area contributed by atoms with Gasteiger partial charge in [0.2, 0.25) is 0 Å². The van der Waals surface area contributed by atoms with Gasteiger partial charge in [-0.05, 0) is 0 Å². The molecule has 0 radical (unpaired) electrons. The normalized spacial score (nSPS) is 6.56. The number of phosphoric acid groups is 1. The molecular formula is H9AlLiO5PTi. The molecule has 5 N–H and O–H groups in total. The maximum Gasteiger partial charge on any atom is 0 e. The van der Waals surface area contributed by atoms with Crippen molar-refractivity contribution >= 4 is 44.0 Å². The summed E-state index contributed by atoms with van der Waals surface area (Å²) in [6.45, 7) is 0. The molecular weight excluding hydrogens is 193 g/mol. The van der Waals surface area contributed by atoms with Gasteiger partial charge in [-0.15, -0.1) is 0 Å². The molecule has 9 heteroatoms. The zero-order chi connectivity index (χ0) is 4.50. The summed E-state index contributed by atoms with van der Waals surface area (Å²) in [5, 5.41) is 0. The second kappa shape index (κ2) is 12.6. The van der Waals surface area contributed by atoms with Gasteiger partial charge in [0, 0.05) is 21.7 Å². The summed E-state index contributed by atoms with van der Waals surface area (Å²) in [4.78, 5) is 21.6. The van der Waals surface area contributed by atoms with Crippen molar-refractivity contribution in [2.45, 2.75) is 0 Å². The molecule has 0 fully saturated rings. The molecule has 9 heavy (non-hydrogen) atoms. The smallest absolute Gasteiger partial charge is 0 e. The van der Waals surface area contributed by atoms with E-state index in [1.54, 1.807) is 0 Å². The summed E-state index contributed by atoms with van der Waals surface area (Å²) in [7, 11) is -4.64. The van der Waals surface area contributed by atoms with E-state index in [2.05, 4.69) is 0 Å². The topological polar surface area (TPSA) is 109 Å². The predicted molar refractivity (Wildman–Crippen MR) is 35.0 cm³/mol. The van der Waals surface area contributed by atoms with Crippen LogP contribution in [-0.4, -0.2) is 56.4 Å². The second-order valence-electron chi connectivity index (χ2n) is 0.513. The zero-order valence-electron chi connectivity index (χ0n) is 3.20. The molecule has 0 unspecified atom stereocenters. The molecule has 0 aromatic heterocycles. The minimum absolute atomic E-state index is 0. The van der Waals surface area contributed by atoms with Crippen molar-refractivity contribution in [2.24, 2.45) is 0 Å². The largest absolute Gasteiger partial charge is 0 e. The van der Waals surface area contributed by atoms with Crippen molar-refractivity contribution in [2.75, 3.05) is 0 Å². The summed E-state index contributed by atoms with van der Waals surface area (Å²) in [6.07, 6.45) is 0. The van der Waals surface area contributed by atoms with Gasteiger partial charge in [0.05, 0.1) is 0 Å². The molecule has 5 nitrogen and oxygen atoms in total. The van der Waals surface area contributed by atoms with Crippen LogP contribution in [0.4, 0.5) is 0 Å². The van der Waals surface area contributed by atoms with Gasteiger partial charge in [0.15, 0.2) is 17.4 Å². The monoisotopic (exact) mass is 202 g/mol. The van der Waals surface area contributed by atoms with Crippen molar-refractivity contribution < 1.29 is 46.4 Å². The van der Waals surface area contributed by atoms with Gasteiger partial charge >= 0.3 is 26.7 Å². The first-order chi connectivity index (χ1) is 2.00. The summed E-state index contributed by atoms with van der Waals surface area (Å²) in [6, 6.07) is 0. The zero-order valence-corrected chi connectivity index (χ0v) is 5.65. The van der Waals surface area contributed by atoms with Crippen LogP contribution in [0, 0.1) is 0 Å². The van der Waals surface area contributed by atoms with E-state index in [4.69, 9.17) is 19.2 Å². The fraction of sp³-hybridized carbons (Fsp3) is 0.